The molecule has 0 bridgehead atoms. The van der Waals surface area contributed by atoms with Crippen molar-refractivity contribution in [2.45, 2.75) is 57.6 Å². The second-order valence-electron chi connectivity index (χ2n) is 7.25. The number of benzene rings is 1. The number of nitriles is 1. The monoisotopic (exact) mass is 387 g/mol. The number of halogens is 3. The quantitative estimate of drug-likeness (QED) is 0.634. The summed E-state index contributed by atoms with van der Waals surface area (Å²) in [6.45, 7) is 10.3. The lowest BCUT2D eigenvalue weighted by Gasteiger charge is -2.39. The second-order valence-corrected chi connectivity index (χ2v) is 12.8. The third-order valence-electron chi connectivity index (χ3n) is 4.72. The van der Waals surface area contributed by atoms with Gasteiger partial charge in [0.2, 0.25) is 0 Å². The van der Waals surface area contributed by atoms with E-state index in [0.717, 1.165) is 0 Å². The molecule has 0 heterocycles. The molecule has 6 heteroatoms. The Labute approximate surface area is 139 Å². The first-order valence-electron chi connectivity index (χ1n) is 7.22. The Bertz CT molecular complexity index is 649. The van der Waals surface area contributed by atoms with E-state index in [1.165, 1.54) is 0 Å². The van der Waals surface area contributed by atoms with Crippen molar-refractivity contribution in [2.24, 2.45) is 0 Å². The van der Waals surface area contributed by atoms with Crippen molar-refractivity contribution in [3.8, 4) is 6.07 Å². The molecule has 0 amide bonds. The minimum Gasteiger partial charge on any atom is -0.407 e. The molecule has 2 atom stereocenters. The van der Waals surface area contributed by atoms with E-state index in [-0.39, 0.29) is 21.5 Å². The fraction of sp³-hybridized carbons (Fsp3) is 0.562. The Balaban J connectivity index is 2.48. The predicted molar refractivity (Wildman–Crippen MR) is 88.4 cm³/mol. The van der Waals surface area contributed by atoms with E-state index < -0.39 is 26.4 Å². The van der Waals surface area contributed by atoms with Gasteiger partial charge >= 0.3 is 0 Å². The highest BCUT2D eigenvalue weighted by molar-refractivity contribution is 9.10. The topological polar surface area (TPSA) is 33.0 Å². The van der Waals surface area contributed by atoms with Gasteiger partial charge in [-0.25, -0.2) is 8.78 Å². The van der Waals surface area contributed by atoms with Crippen LogP contribution in [0.3, 0.4) is 0 Å². The summed E-state index contributed by atoms with van der Waals surface area (Å²) in [6.07, 6.45) is -2.07. The van der Waals surface area contributed by atoms with Crippen molar-refractivity contribution in [1.29, 1.82) is 5.26 Å². The van der Waals surface area contributed by atoms with Gasteiger partial charge in [-0.2, -0.15) is 5.26 Å². The maximum atomic E-state index is 14.5. The lowest BCUT2D eigenvalue weighted by molar-refractivity contribution is 0.101. The van der Waals surface area contributed by atoms with Crippen LogP contribution in [0.4, 0.5) is 8.78 Å². The fourth-order valence-electron chi connectivity index (χ4n) is 2.35. The van der Waals surface area contributed by atoms with Crippen LogP contribution in [0, 0.1) is 17.1 Å². The van der Waals surface area contributed by atoms with Gasteiger partial charge in [0.1, 0.15) is 24.2 Å². The van der Waals surface area contributed by atoms with Crippen molar-refractivity contribution in [3.63, 3.8) is 0 Å². The van der Waals surface area contributed by atoms with E-state index in [1.54, 1.807) is 6.07 Å². The Morgan fingerprint density at radius 3 is 2.50 bits per heavy atom. The molecule has 22 heavy (non-hydrogen) atoms. The van der Waals surface area contributed by atoms with Crippen LogP contribution in [-0.2, 0) is 10.8 Å². The standard InChI is InChI=1S/C16H20BrF2NOSi/c1-16(2,3)22(4,5)21-15-11-6-9(8-20)13(17)14(19)10(11)7-12(15)18/h6,12,15H,7H2,1-5H3/t12-,15-/m1/s1. The van der Waals surface area contributed by atoms with Gasteiger partial charge in [0.25, 0.3) is 0 Å². The van der Waals surface area contributed by atoms with Crippen molar-refractivity contribution < 1.29 is 13.2 Å². The van der Waals surface area contributed by atoms with Crippen LogP contribution >= 0.6 is 15.9 Å². The van der Waals surface area contributed by atoms with E-state index in [4.69, 9.17) is 9.69 Å². The van der Waals surface area contributed by atoms with Gasteiger partial charge in [-0.05, 0) is 51.3 Å². The molecule has 0 saturated carbocycles. The number of hydrogen-bond donors (Lipinski definition) is 0. The van der Waals surface area contributed by atoms with Crippen LogP contribution in [0.2, 0.25) is 18.1 Å². The molecule has 1 aliphatic carbocycles. The zero-order chi connectivity index (χ0) is 16.9. The molecule has 0 aliphatic heterocycles. The summed E-state index contributed by atoms with van der Waals surface area (Å²) in [7, 11) is -2.20. The molecule has 1 aliphatic rings. The third kappa shape index (κ3) is 2.86. The highest BCUT2D eigenvalue weighted by Gasteiger charge is 2.45. The van der Waals surface area contributed by atoms with Crippen molar-refractivity contribution >= 4 is 24.2 Å². The Hall–Kier alpha value is -0.773. The van der Waals surface area contributed by atoms with Gasteiger partial charge in [-0.15, -0.1) is 0 Å². The highest BCUT2D eigenvalue weighted by atomic mass is 79.9. The van der Waals surface area contributed by atoms with Crippen LogP contribution < -0.4 is 0 Å². The Morgan fingerprint density at radius 1 is 1.41 bits per heavy atom. The summed E-state index contributed by atoms with van der Waals surface area (Å²) < 4.78 is 35.1. The average molecular weight is 388 g/mol. The molecule has 0 fully saturated rings. The summed E-state index contributed by atoms with van der Waals surface area (Å²) in [5.74, 6) is -0.543. The molecule has 2 nitrogen and oxygen atoms in total. The molecule has 0 N–H and O–H groups in total. The zero-order valence-corrected chi connectivity index (χ0v) is 16.0. The van der Waals surface area contributed by atoms with Crippen LogP contribution in [0.25, 0.3) is 0 Å². The SMILES string of the molecule is CC(C)(C)[Si](C)(C)O[C@@H]1c2cc(C#N)c(Br)c(F)c2C[C@H]1F. The zero-order valence-electron chi connectivity index (χ0n) is 13.4. The Kier molecular flexibility index (Phi) is 4.55. The van der Waals surface area contributed by atoms with E-state index >= 15 is 0 Å². The second kappa shape index (κ2) is 5.70. The molecule has 0 radical (unpaired) electrons. The lowest BCUT2D eigenvalue weighted by Crippen LogP contribution is -2.42. The van der Waals surface area contributed by atoms with Crippen LogP contribution in [0.15, 0.2) is 10.5 Å². The molecule has 0 spiro atoms. The molecule has 2 rings (SSSR count). The smallest absolute Gasteiger partial charge is 0.193 e. The third-order valence-corrected chi connectivity index (χ3v) is 9.96. The molecule has 0 saturated heterocycles. The number of alkyl halides is 1. The van der Waals surface area contributed by atoms with Crippen molar-refractivity contribution in [3.05, 3.63) is 33.0 Å². The van der Waals surface area contributed by atoms with E-state index in [2.05, 4.69) is 36.7 Å². The minimum atomic E-state index is -2.20. The number of nitrogens with zero attached hydrogens (tertiary/aromatic N) is 1. The molecule has 0 aromatic heterocycles. The molecule has 1 aromatic rings. The maximum Gasteiger partial charge on any atom is 0.193 e. The number of fused-ring (bicyclic) bond motifs is 1. The molecule has 1 aromatic carbocycles. The predicted octanol–water partition coefficient (Wildman–Crippen LogP) is 5.42. The summed E-state index contributed by atoms with van der Waals surface area (Å²) in [5, 5.41) is 9.05. The molecular weight excluding hydrogens is 368 g/mol. The summed E-state index contributed by atoms with van der Waals surface area (Å²) in [5.41, 5.74) is 0.978. The van der Waals surface area contributed by atoms with Crippen LogP contribution in [0.5, 0.6) is 0 Å². The van der Waals surface area contributed by atoms with Gasteiger partial charge < -0.3 is 4.43 Å². The van der Waals surface area contributed by atoms with E-state index in [1.807, 2.05) is 19.2 Å². The van der Waals surface area contributed by atoms with Gasteiger partial charge in [0, 0.05) is 6.42 Å². The van der Waals surface area contributed by atoms with Gasteiger partial charge in [0.15, 0.2) is 8.32 Å². The first kappa shape index (κ1) is 17.6. The maximum absolute atomic E-state index is 14.5. The summed E-state index contributed by atoms with van der Waals surface area (Å²) in [4.78, 5) is 0. The van der Waals surface area contributed by atoms with E-state index in [9.17, 15) is 8.78 Å². The summed E-state index contributed by atoms with van der Waals surface area (Å²) in [6, 6.07) is 3.50. The fourth-order valence-corrected chi connectivity index (χ4v) is 4.06. The first-order chi connectivity index (χ1) is 9.99. The number of hydrogen-bond acceptors (Lipinski definition) is 2. The van der Waals surface area contributed by atoms with Crippen molar-refractivity contribution in [1.82, 2.24) is 0 Å². The van der Waals surface area contributed by atoms with E-state index in [0.29, 0.717) is 11.1 Å². The molecule has 0 unspecified atom stereocenters. The Morgan fingerprint density at radius 2 is 2.00 bits per heavy atom. The highest BCUT2D eigenvalue weighted by Crippen LogP contribution is 2.46. The van der Waals surface area contributed by atoms with Crippen LogP contribution in [-0.4, -0.2) is 14.5 Å². The van der Waals surface area contributed by atoms with Gasteiger partial charge in [-0.1, -0.05) is 20.8 Å². The molecular formula is C16H20BrF2NOSi. The average Bonchev–Trinajstić information content (AvgIpc) is 2.69. The van der Waals surface area contributed by atoms with Crippen LogP contribution in [0.1, 0.15) is 43.6 Å². The van der Waals surface area contributed by atoms with Gasteiger partial charge in [-0.3, -0.25) is 0 Å². The van der Waals surface area contributed by atoms with Crippen molar-refractivity contribution in [2.75, 3.05) is 0 Å². The minimum absolute atomic E-state index is 0.00916. The normalized spacial score (nSPS) is 21.6. The molecule has 120 valence electrons. The lowest BCUT2D eigenvalue weighted by atomic mass is 10.1. The van der Waals surface area contributed by atoms with Gasteiger partial charge in [0.05, 0.1) is 10.0 Å². The number of rotatable bonds is 2. The first-order valence-corrected chi connectivity index (χ1v) is 10.9. The largest absolute Gasteiger partial charge is 0.407 e. The summed E-state index contributed by atoms with van der Waals surface area (Å²) >= 11 is 3.07.